The lowest BCUT2D eigenvalue weighted by Crippen LogP contribution is -2.53. The minimum Gasteiger partial charge on any atom is -0.494 e. The molecular weight excluding hydrogens is 574 g/mol. The summed E-state index contributed by atoms with van der Waals surface area (Å²) in [6.45, 7) is 6.33. The Labute approximate surface area is 263 Å². The van der Waals surface area contributed by atoms with Crippen molar-refractivity contribution < 1.29 is 24.2 Å². The first kappa shape index (κ1) is 30.5. The highest BCUT2D eigenvalue weighted by molar-refractivity contribution is 8.02. The fraction of sp³-hybridized carbons (Fsp3) is 0.457. The molecule has 5 atom stereocenters. The van der Waals surface area contributed by atoms with E-state index in [4.69, 9.17) is 4.74 Å². The highest BCUT2D eigenvalue weighted by Crippen LogP contribution is 2.65. The number of anilines is 1. The maximum absolute atomic E-state index is 14.6. The summed E-state index contributed by atoms with van der Waals surface area (Å²) in [5.74, 6) is -0.899. The Balaban J connectivity index is 1.38. The van der Waals surface area contributed by atoms with Crippen LogP contribution in [0.5, 0.6) is 5.75 Å². The molecule has 8 nitrogen and oxygen atoms in total. The molecule has 4 heterocycles. The first-order valence-electron chi connectivity index (χ1n) is 15.7. The molecule has 1 unspecified atom stereocenters. The van der Waals surface area contributed by atoms with E-state index >= 15 is 0 Å². The molecule has 0 aliphatic carbocycles. The van der Waals surface area contributed by atoms with Gasteiger partial charge in [-0.05, 0) is 62.9 Å². The maximum atomic E-state index is 14.6. The van der Waals surface area contributed by atoms with Crippen LogP contribution < -0.4 is 9.64 Å². The Morgan fingerprint density at radius 2 is 1.64 bits per heavy atom. The number of amides is 3. The summed E-state index contributed by atoms with van der Waals surface area (Å²) in [6.07, 6.45) is 10.3. The van der Waals surface area contributed by atoms with Crippen LogP contribution in [-0.4, -0.2) is 81.0 Å². The maximum Gasteiger partial charge on any atom is 0.247 e. The number of fused-ring (bicyclic) bond motifs is 2. The SMILES string of the molecule is CCOc1ccc(N2CC=C[C@@]3(C)S[C@]45C=CCN(Cc6ccccc6)C(=O)C4N(CCCCCO)C(=O)[C@@H]5[C@H]3C2=O)cc1. The molecule has 2 aromatic rings. The number of ether oxygens (including phenoxy) is 1. The van der Waals surface area contributed by atoms with Crippen molar-refractivity contribution in [2.24, 2.45) is 11.8 Å². The molecular formula is C35H41N3O5S. The normalized spacial score (nSPS) is 29.4. The molecule has 1 N–H and O–H groups in total. The fourth-order valence-electron chi connectivity index (χ4n) is 7.45. The van der Waals surface area contributed by atoms with Gasteiger partial charge in [0.2, 0.25) is 17.7 Å². The minimum absolute atomic E-state index is 0.0794. The minimum atomic E-state index is -0.877. The van der Waals surface area contributed by atoms with Crippen LogP contribution in [0.1, 0.15) is 38.7 Å². The number of hydrogen-bond donors (Lipinski definition) is 1. The topological polar surface area (TPSA) is 90.4 Å². The van der Waals surface area contributed by atoms with Gasteiger partial charge >= 0.3 is 0 Å². The summed E-state index contributed by atoms with van der Waals surface area (Å²) in [7, 11) is 0. The van der Waals surface area contributed by atoms with Gasteiger partial charge in [-0.2, -0.15) is 0 Å². The molecule has 0 radical (unpaired) electrons. The molecule has 4 aliphatic heterocycles. The van der Waals surface area contributed by atoms with Crippen molar-refractivity contribution in [3.05, 3.63) is 84.5 Å². The van der Waals surface area contributed by atoms with Crippen LogP contribution in [-0.2, 0) is 20.9 Å². The average molecular weight is 616 g/mol. The number of hydrogen-bond acceptors (Lipinski definition) is 6. The Bertz CT molecular complexity index is 1450. The smallest absolute Gasteiger partial charge is 0.247 e. The van der Waals surface area contributed by atoms with Crippen molar-refractivity contribution >= 4 is 35.2 Å². The molecule has 0 aromatic heterocycles. The summed E-state index contributed by atoms with van der Waals surface area (Å²) in [6, 6.07) is 16.7. The molecule has 6 rings (SSSR count). The standard InChI is InChI=1S/C35H41N3O5S/c1-3-43-27-16-14-26(15-17-27)37-22-10-18-34(2)28(31(37)40)29-32(41)38(21-8-5-9-23-39)30-33(42)36(20-11-19-35(29,30)44-34)24-25-12-6-4-7-13-25/h4,6-7,10-19,28-30,39H,3,5,8-9,20-24H2,1-2H3/t28-,29-,30?,34+,35-/m0/s1. The van der Waals surface area contributed by atoms with Gasteiger partial charge in [0.25, 0.3) is 0 Å². The summed E-state index contributed by atoms with van der Waals surface area (Å²) in [5, 5.41) is 9.35. The lowest BCUT2D eigenvalue weighted by molar-refractivity contribution is -0.143. The molecule has 4 aliphatic rings. The predicted octanol–water partition coefficient (Wildman–Crippen LogP) is 4.44. The van der Waals surface area contributed by atoms with Crippen LogP contribution in [0.3, 0.4) is 0 Å². The van der Waals surface area contributed by atoms with E-state index in [0.717, 1.165) is 23.4 Å². The van der Waals surface area contributed by atoms with Gasteiger partial charge in [-0.3, -0.25) is 14.4 Å². The van der Waals surface area contributed by atoms with Crippen molar-refractivity contribution in [3.8, 4) is 5.75 Å². The molecule has 3 amide bonds. The lowest BCUT2D eigenvalue weighted by Gasteiger charge is -2.37. The van der Waals surface area contributed by atoms with Crippen LogP contribution in [0.2, 0.25) is 0 Å². The third-order valence-electron chi connectivity index (χ3n) is 9.37. The second-order valence-corrected chi connectivity index (χ2v) is 14.0. The molecule has 2 saturated heterocycles. The monoisotopic (exact) mass is 615 g/mol. The first-order chi connectivity index (χ1) is 21.3. The van der Waals surface area contributed by atoms with Crippen molar-refractivity contribution in [3.63, 3.8) is 0 Å². The lowest BCUT2D eigenvalue weighted by atomic mass is 9.74. The van der Waals surface area contributed by atoms with Gasteiger partial charge < -0.3 is 24.5 Å². The van der Waals surface area contributed by atoms with Gasteiger partial charge in [0, 0.05) is 43.2 Å². The number of benzene rings is 2. The van der Waals surface area contributed by atoms with E-state index in [2.05, 4.69) is 12.2 Å². The Kier molecular flexibility index (Phi) is 8.61. The van der Waals surface area contributed by atoms with Crippen LogP contribution in [0, 0.1) is 11.8 Å². The number of aliphatic hydroxyl groups excluding tert-OH is 1. The zero-order chi connectivity index (χ0) is 30.9. The second kappa shape index (κ2) is 12.4. The number of thioether (sulfide) groups is 1. The van der Waals surface area contributed by atoms with Gasteiger partial charge in [-0.15, -0.1) is 11.8 Å². The summed E-state index contributed by atoms with van der Waals surface area (Å²) in [4.78, 5) is 49.1. The fourth-order valence-corrected chi connectivity index (χ4v) is 9.60. The van der Waals surface area contributed by atoms with Crippen molar-refractivity contribution in [2.75, 3.05) is 37.7 Å². The van der Waals surface area contributed by atoms with E-state index in [-0.39, 0.29) is 24.3 Å². The Morgan fingerprint density at radius 1 is 0.886 bits per heavy atom. The molecule has 9 heteroatoms. The third kappa shape index (κ3) is 5.24. The van der Waals surface area contributed by atoms with Crippen molar-refractivity contribution in [1.29, 1.82) is 0 Å². The van der Waals surface area contributed by atoms with Crippen molar-refractivity contribution in [2.45, 2.75) is 55.2 Å². The van der Waals surface area contributed by atoms with E-state index < -0.39 is 27.4 Å². The van der Waals surface area contributed by atoms with E-state index in [9.17, 15) is 19.5 Å². The summed E-state index contributed by atoms with van der Waals surface area (Å²) in [5.41, 5.74) is 1.78. The molecule has 232 valence electrons. The van der Waals surface area contributed by atoms with Gasteiger partial charge in [-0.1, -0.05) is 54.6 Å². The number of nitrogens with zero attached hydrogens (tertiary/aromatic N) is 3. The predicted molar refractivity (Wildman–Crippen MR) is 172 cm³/mol. The quantitative estimate of drug-likeness (QED) is 0.314. The van der Waals surface area contributed by atoms with Crippen LogP contribution in [0.15, 0.2) is 78.9 Å². The van der Waals surface area contributed by atoms with Gasteiger partial charge in [0.1, 0.15) is 11.8 Å². The van der Waals surface area contributed by atoms with E-state index in [1.54, 1.807) is 21.6 Å². The molecule has 0 bridgehead atoms. The highest BCUT2D eigenvalue weighted by atomic mass is 32.2. The van der Waals surface area contributed by atoms with Gasteiger partial charge in [0.15, 0.2) is 0 Å². The van der Waals surface area contributed by atoms with Crippen LogP contribution in [0.25, 0.3) is 0 Å². The molecule has 2 fully saturated rings. The molecule has 44 heavy (non-hydrogen) atoms. The van der Waals surface area contributed by atoms with E-state index in [1.165, 1.54) is 0 Å². The summed E-state index contributed by atoms with van der Waals surface area (Å²) >= 11 is 1.61. The molecule has 1 spiro atoms. The number of likely N-dealkylation sites (tertiary alicyclic amines) is 1. The first-order valence-corrected chi connectivity index (χ1v) is 16.5. The zero-order valence-electron chi connectivity index (χ0n) is 25.4. The number of rotatable bonds is 10. The zero-order valence-corrected chi connectivity index (χ0v) is 26.2. The highest BCUT2D eigenvalue weighted by Gasteiger charge is 2.73. The summed E-state index contributed by atoms with van der Waals surface area (Å²) < 4.78 is 4.07. The van der Waals surface area contributed by atoms with Crippen molar-refractivity contribution in [1.82, 2.24) is 9.80 Å². The van der Waals surface area contributed by atoms with E-state index in [1.807, 2.05) is 85.5 Å². The van der Waals surface area contributed by atoms with Gasteiger partial charge in [0.05, 0.1) is 23.2 Å². The molecule has 2 aromatic carbocycles. The van der Waals surface area contributed by atoms with Gasteiger partial charge in [-0.25, -0.2) is 0 Å². The van der Waals surface area contributed by atoms with Crippen LogP contribution in [0.4, 0.5) is 5.69 Å². The number of carbonyl (C=O) groups excluding carboxylic acids is 3. The average Bonchev–Trinajstić information content (AvgIpc) is 3.29. The Morgan fingerprint density at radius 3 is 2.36 bits per heavy atom. The number of unbranched alkanes of at least 4 members (excludes halogenated alkanes) is 2. The van der Waals surface area contributed by atoms with Crippen LogP contribution >= 0.6 is 11.8 Å². The number of carbonyl (C=O) groups is 3. The Hall–Kier alpha value is -3.56. The largest absolute Gasteiger partial charge is 0.494 e. The number of aliphatic hydroxyl groups is 1. The third-order valence-corrected chi connectivity index (χ3v) is 11.2. The molecule has 0 saturated carbocycles. The second-order valence-electron chi connectivity index (χ2n) is 12.2. The van der Waals surface area contributed by atoms with E-state index in [0.29, 0.717) is 45.6 Å².